The first-order valence-electron chi connectivity index (χ1n) is 10.1. The van der Waals surface area contributed by atoms with Crippen LogP contribution >= 0.6 is 0 Å². The second-order valence-corrected chi connectivity index (χ2v) is 8.14. The molecule has 2 saturated heterocycles. The molecule has 0 aliphatic carbocycles. The molecule has 0 saturated carbocycles. The van der Waals surface area contributed by atoms with Crippen molar-refractivity contribution >= 4 is 6.03 Å². The van der Waals surface area contributed by atoms with Gasteiger partial charge in [0, 0.05) is 19.0 Å². The van der Waals surface area contributed by atoms with Gasteiger partial charge in [0.25, 0.3) is 0 Å². The van der Waals surface area contributed by atoms with Gasteiger partial charge in [-0.05, 0) is 48.4 Å². The Morgan fingerprint density at radius 2 is 1.58 bits per heavy atom. The molecule has 2 aliphatic rings. The first kappa shape index (κ1) is 23.3. The van der Waals surface area contributed by atoms with E-state index in [-0.39, 0.29) is 36.8 Å². The lowest BCUT2D eigenvalue weighted by Gasteiger charge is -2.27. The van der Waals surface area contributed by atoms with Gasteiger partial charge in [-0.25, -0.2) is 9.18 Å². The molecule has 11 heteroatoms. The monoisotopic (exact) mass is 476 g/mol. The van der Waals surface area contributed by atoms with Gasteiger partial charge in [0.1, 0.15) is 5.82 Å². The fourth-order valence-electron chi connectivity index (χ4n) is 4.45. The molecule has 4 rings (SSSR count). The van der Waals surface area contributed by atoms with Crippen LogP contribution < -0.4 is 5.32 Å². The van der Waals surface area contributed by atoms with Crippen LogP contribution in [-0.4, -0.2) is 36.2 Å². The quantitative estimate of drug-likeness (QED) is 0.593. The molecule has 33 heavy (non-hydrogen) atoms. The van der Waals surface area contributed by atoms with Gasteiger partial charge < -0.3 is 15.0 Å². The summed E-state index contributed by atoms with van der Waals surface area (Å²) in [4.78, 5) is 13.7. The number of halogens is 7. The Labute approximate surface area is 184 Å². The molecule has 2 amide bonds. The van der Waals surface area contributed by atoms with E-state index in [1.54, 1.807) is 0 Å². The first-order valence-corrected chi connectivity index (χ1v) is 10.1. The number of rotatable bonds is 4. The molecule has 178 valence electrons. The zero-order valence-corrected chi connectivity index (χ0v) is 17.2. The molecule has 0 unspecified atom stereocenters. The van der Waals surface area contributed by atoms with Gasteiger partial charge in [-0.15, -0.1) is 0 Å². The van der Waals surface area contributed by atoms with Crippen LogP contribution in [0.3, 0.4) is 0 Å². The van der Waals surface area contributed by atoms with E-state index >= 15 is 0 Å². The van der Waals surface area contributed by atoms with E-state index < -0.39 is 47.4 Å². The van der Waals surface area contributed by atoms with Crippen molar-refractivity contribution in [3.63, 3.8) is 0 Å². The molecule has 0 aromatic heterocycles. The minimum absolute atomic E-state index is 0.0630. The van der Waals surface area contributed by atoms with Crippen LogP contribution in [0.15, 0.2) is 42.5 Å². The summed E-state index contributed by atoms with van der Waals surface area (Å²) in [6.07, 6.45) is -11.8. The number of nitrogens with zero attached hydrogens (tertiary/aromatic N) is 1. The molecular weight excluding hydrogens is 457 g/mol. The van der Waals surface area contributed by atoms with E-state index in [0.717, 1.165) is 0 Å². The maximum absolute atomic E-state index is 13.4. The van der Waals surface area contributed by atoms with Gasteiger partial charge in [0.05, 0.1) is 29.4 Å². The van der Waals surface area contributed by atoms with Gasteiger partial charge >= 0.3 is 18.4 Å². The number of carbonyl (C=O) groups is 1. The van der Waals surface area contributed by atoms with Gasteiger partial charge in [-0.2, -0.15) is 26.3 Å². The van der Waals surface area contributed by atoms with E-state index in [0.29, 0.717) is 17.7 Å². The lowest BCUT2D eigenvalue weighted by atomic mass is 9.89. The summed E-state index contributed by atoms with van der Waals surface area (Å²) < 4.78 is 98.7. The molecule has 1 N–H and O–H groups in total. The molecule has 2 aromatic rings. The number of amides is 2. The van der Waals surface area contributed by atoms with E-state index in [1.165, 1.54) is 36.1 Å². The standard InChI is InChI=1S/C22H19F7N2O2/c1-11(13-6-14(21(24,25)26)8-15(7-13)22(27,28)29)33-18-10-31-17(9-30-20(31)32)19(18)12-2-4-16(23)5-3-12/h2-8,11,17-19H,9-10H2,1H3,(H,30,32)/t11-,17-,18-,19-/m0/s1. The Kier molecular flexibility index (Phi) is 5.80. The summed E-state index contributed by atoms with van der Waals surface area (Å²) >= 11 is 0. The Bertz CT molecular complexity index is 1000. The van der Waals surface area contributed by atoms with Crippen molar-refractivity contribution in [1.29, 1.82) is 0 Å². The molecule has 2 heterocycles. The summed E-state index contributed by atoms with van der Waals surface area (Å²) in [5.74, 6) is -0.913. The molecule has 0 bridgehead atoms. The second-order valence-electron chi connectivity index (χ2n) is 8.14. The highest BCUT2D eigenvalue weighted by molar-refractivity contribution is 5.78. The van der Waals surface area contributed by atoms with E-state index in [9.17, 15) is 35.5 Å². The molecule has 0 spiro atoms. The predicted octanol–water partition coefficient (Wildman–Crippen LogP) is 5.50. The average Bonchev–Trinajstić information content (AvgIpc) is 3.26. The van der Waals surface area contributed by atoms with Crippen LogP contribution in [0.5, 0.6) is 0 Å². The Balaban J connectivity index is 1.66. The molecule has 2 aromatic carbocycles. The van der Waals surface area contributed by atoms with Crippen molar-refractivity contribution in [3.05, 3.63) is 70.5 Å². The molecular formula is C22H19F7N2O2. The largest absolute Gasteiger partial charge is 0.416 e. The Hall–Kier alpha value is -2.82. The van der Waals surface area contributed by atoms with Gasteiger partial charge in [-0.1, -0.05) is 12.1 Å². The highest BCUT2D eigenvalue weighted by atomic mass is 19.4. The number of benzene rings is 2. The third-order valence-electron chi connectivity index (χ3n) is 6.03. The summed E-state index contributed by atoms with van der Waals surface area (Å²) in [5, 5.41) is 2.69. The fourth-order valence-corrected chi connectivity index (χ4v) is 4.45. The van der Waals surface area contributed by atoms with Crippen LogP contribution in [0.4, 0.5) is 35.5 Å². The Morgan fingerprint density at radius 1 is 1.00 bits per heavy atom. The molecule has 2 aliphatic heterocycles. The summed E-state index contributed by atoms with van der Waals surface area (Å²) in [6, 6.07) is 6.19. The van der Waals surface area contributed by atoms with Crippen LogP contribution in [0.1, 0.15) is 41.2 Å². The number of urea groups is 1. The maximum atomic E-state index is 13.4. The van der Waals surface area contributed by atoms with Crippen molar-refractivity contribution in [3.8, 4) is 0 Å². The highest BCUT2D eigenvalue weighted by Gasteiger charge is 2.49. The summed E-state index contributed by atoms with van der Waals surface area (Å²) in [6.45, 7) is 1.74. The average molecular weight is 476 g/mol. The lowest BCUT2D eigenvalue weighted by Crippen LogP contribution is -2.31. The highest BCUT2D eigenvalue weighted by Crippen LogP contribution is 2.42. The van der Waals surface area contributed by atoms with Crippen molar-refractivity contribution in [1.82, 2.24) is 10.2 Å². The second kappa shape index (κ2) is 8.19. The normalized spacial score (nSPS) is 24.1. The smallest absolute Gasteiger partial charge is 0.368 e. The summed E-state index contributed by atoms with van der Waals surface area (Å²) in [5.41, 5.74) is -2.49. The fraction of sp³-hybridized carbons (Fsp3) is 0.409. The zero-order valence-electron chi connectivity index (χ0n) is 17.2. The molecule has 4 nitrogen and oxygen atoms in total. The van der Waals surface area contributed by atoms with Gasteiger partial charge in [-0.3, -0.25) is 0 Å². The number of alkyl halides is 6. The number of hydrogen-bond acceptors (Lipinski definition) is 2. The zero-order chi connectivity index (χ0) is 24.1. The molecule has 0 radical (unpaired) electrons. The van der Waals surface area contributed by atoms with Gasteiger partial charge in [0.2, 0.25) is 0 Å². The number of nitrogens with one attached hydrogen (secondary N) is 1. The van der Waals surface area contributed by atoms with Crippen molar-refractivity contribution in [2.45, 2.75) is 43.4 Å². The molecule has 4 atom stereocenters. The number of fused-ring (bicyclic) bond motifs is 1. The number of ether oxygens (including phenoxy) is 1. The lowest BCUT2D eigenvalue weighted by molar-refractivity contribution is -0.143. The van der Waals surface area contributed by atoms with E-state index in [1.807, 2.05) is 0 Å². The first-order chi connectivity index (χ1) is 15.3. The van der Waals surface area contributed by atoms with Crippen LogP contribution in [0.2, 0.25) is 0 Å². The predicted molar refractivity (Wildman–Crippen MR) is 103 cm³/mol. The van der Waals surface area contributed by atoms with Crippen LogP contribution in [0.25, 0.3) is 0 Å². The number of hydrogen-bond donors (Lipinski definition) is 1. The van der Waals surface area contributed by atoms with Crippen molar-refractivity contribution < 1.29 is 40.3 Å². The van der Waals surface area contributed by atoms with E-state index in [2.05, 4.69) is 5.32 Å². The SMILES string of the molecule is C[C@H](O[C@H]1CN2C(=O)NC[C@H]2[C@@H]1c1ccc(F)cc1)c1cc(C(F)(F)F)cc(C(F)(F)F)c1. The summed E-state index contributed by atoms with van der Waals surface area (Å²) in [7, 11) is 0. The third-order valence-corrected chi connectivity index (χ3v) is 6.03. The van der Waals surface area contributed by atoms with Crippen molar-refractivity contribution in [2.24, 2.45) is 0 Å². The third kappa shape index (κ3) is 4.64. The van der Waals surface area contributed by atoms with E-state index in [4.69, 9.17) is 4.74 Å². The molecule has 2 fully saturated rings. The van der Waals surface area contributed by atoms with Gasteiger partial charge in [0.15, 0.2) is 0 Å². The number of carbonyl (C=O) groups excluding carboxylic acids is 1. The maximum Gasteiger partial charge on any atom is 0.416 e. The Morgan fingerprint density at radius 3 is 2.12 bits per heavy atom. The van der Waals surface area contributed by atoms with Crippen molar-refractivity contribution in [2.75, 3.05) is 13.1 Å². The van der Waals surface area contributed by atoms with Crippen LogP contribution in [0, 0.1) is 5.82 Å². The minimum atomic E-state index is -4.97. The topological polar surface area (TPSA) is 41.6 Å². The minimum Gasteiger partial charge on any atom is -0.368 e. The van der Waals surface area contributed by atoms with Crippen LogP contribution in [-0.2, 0) is 17.1 Å².